The van der Waals surface area contributed by atoms with E-state index < -0.39 is 20.0 Å². The molecule has 0 aromatic heterocycles. The number of aliphatic hydroxyl groups is 1. The lowest BCUT2D eigenvalue weighted by molar-refractivity contribution is -0.870. The molecule has 3 unspecified atom stereocenters. The minimum atomic E-state index is -4.36. The van der Waals surface area contributed by atoms with Gasteiger partial charge in [-0.15, -0.1) is 0 Å². The molecule has 0 aromatic rings. The summed E-state index contributed by atoms with van der Waals surface area (Å²) in [6.07, 6.45) is 48.9. The molecule has 9 heteroatoms. The van der Waals surface area contributed by atoms with E-state index in [-0.39, 0.29) is 25.5 Å². The lowest BCUT2D eigenvalue weighted by Crippen LogP contribution is -2.45. The van der Waals surface area contributed by atoms with Gasteiger partial charge in [-0.2, -0.15) is 0 Å². The molecule has 0 spiro atoms. The number of nitrogens with zero attached hydrogens (tertiary/aromatic N) is 1. The summed E-state index contributed by atoms with van der Waals surface area (Å²) in [6.45, 7) is 4.63. The molecule has 3 N–H and O–H groups in total. The van der Waals surface area contributed by atoms with E-state index in [0.29, 0.717) is 17.4 Å². The van der Waals surface area contributed by atoms with E-state index in [9.17, 15) is 19.4 Å². The Labute approximate surface area is 339 Å². The number of phosphoric ester groups is 1. The van der Waals surface area contributed by atoms with Crippen molar-refractivity contribution in [2.75, 3.05) is 40.9 Å². The van der Waals surface area contributed by atoms with Gasteiger partial charge < -0.3 is 19.8 Å². The summed E-state index contributed by atoms with van der Waals surface area (Å²) in [7, 11) is 1.52. The molecule has 0 radical (unpaired) electrons. The zero-order chi connectivity index (χ0) is 40.7. The Balaban J connectivity index is 4.48. The summed E-state index contributed by atoms with van der Waals surface area (Å²) in [5, 5.41) is 13.8. The Morgan fingerprint density at radius 2 is 1.09 bits per heavy atom. The molecular formula is C46H86N2O6P+. The Morgan fingerprint density at radius 3 is 1.56 bits per heavy atom. The summed E-state index contributed by atoms with van der Waals surface area (Å²) in [5.41, 5.74) is 0. The number of unbranched alkanes of at least 4 members (excludes halogenated alkanes) is 18. The number of phosphoric acid groups is 1. The minimum absolute atomic E-state index is 0.0467. The summed E-state index contributed by atoms with van der Waals surface area (Å²) < 4.78 is 23.5. The molecule has 0 heterocycles. The number of allylic oxidation sites excluding steroid dienone is 9. The van der Waals surface area contributed by atoms with Gasteiger partial charge in [0.05, 0.1) is 39.9 Å². The molecule has 1 amide bonds. The SMILES string of the molecule is CC/C=C\C/C=C\C/C=C\C/C=C\CCC(=O)NC(COP(=O)(O)OCC[N+](C)(C)C)C(O)/C=C/CCCCCCCCCCCCCCCCCCCC. The first-order chi connectivity index (χ1) is 26.5. The fourth-order valence-electron chi connectivity index (χ4n) is 5.99. The summed E-state index contributed by atoms with van der Waals surface area (Å²) >= 11 is 0. The average Bonchev–Trinajstić information content (AvgIpc) is 3.13. The predicted molar refractivity (Wildman–Crippen MR) is 235 cm³/mol. The van der Waals surface area contributed by atoms with Crippen LogP contribution in [0.3, 0.4) is 0 Å². The van der Waals surface area contributed by atoms with Crippen LogP contribution in [0.2, 0.25) is 0 Å². The van der Waals surface area contributed by atoms with Crippen LogP contribution in [-0.4, -0.2) is 73.4 Å². The third kappa shape index (κ3) is 40.2. The normalized spacial score (nSPS) is 15.0. The Morgan fingerprint density at radius 1 is 0.636 bits per heavy atom. The number of quaternary nitrogens is 1. The topological polar surface area (TPSA) is 105 Å². The van der Waals surface area contributed by atoms with Crippen LogP contribution < -0.4 is 5.32 Å². The minimum Gasteiger partial charge on any atom is -0.387 e. The monoisotopic (exact) mass is 794 g/mol. The molecule has 0 aliphatic heterocycles. The molecule has 3 atom stereocenters. The van der Waals surface area contributed by atoms with Crippen LogP contribution in [0.15, 0.2) is 60.8 Å². The number of carbonyl (C=O) groups excluding carboxylic acids is 1. The maximum Gasteiger partial charge on any atom is 0.472 e. The van der Waals surface area contributed by atoms with Crippen LogP contribution in [-0.2, 0) is 18.4 Å². The number of hydrogen-bond acceptors (Lipinski definition) is 5. The second kappa shape index (κ2) is 37.8. The van der Waals surface area contributed by atoms with Gasteiger partial charge in [0.25, 0.3) is 0 Å². The smallest absolute Gasteiger partial charge is 0.387 e. The molecular weight excluding hydrogens is 707 g/mol. The highest BCUT2D eigenvalue weighted by atomic mass is 31.2. The molecule has 0 fully saturated rings. The van der Waals surface area contributed by atoms with Crippen molar-refractivity contribution in [2.45, 2.75) is 187 Å². The van der Waals surface area contributed by atoms with Crippen molar-refractivity contribution in [1.82, 2.24) is 5.32 Å². The quantitative estimate of drug-likeness (QED) is 0.0248. The molecule has 0 saturated carbocycles. The largest absolute Gasteiger partial charge is 0.472 e. The Hall–Kier alpha value is -1.80. The number of amides is 1. The van der Waals surface area contributed by atoms with Gasteiger partial charge in [-0.05, 0) is 44.9 Å². The fourth-order valence-corrected chi connectivity index (χ4v) is 6.73. The third-order valence-electron chi connectivity index (χ3n) is 9.51. The van der Waals surface area contributed by atoms with E-state index in [1.54, 1.807) is 6.08 Å². The van der Waals surface area contributed by atoms with E-state index in [1.807, 2.05) is 39.4 Å². The average molecular weight is 794 g/mol. The van der Waals surface area contributed by atoms with Crippen LogP contribution in [0.5, 0.6) is 0 Å². The van der Waals surface area contributed by atoms with Gasteiger partial charge in [0.15, 0.2) is 0 Å². The summed E-state index contributed by atoms with van der Waals surface area (Å²) in [4.78, 5) is 23.0. The zero-order valence-corrected chi connectivity index (χ0v) is 37.0. The van der Waals surface area contributed by atoms with Crippen molar-refractivity contribution in [3.05, 3.63) is 60.8 Å². The second-order valence-corrected chi connectivity index (χ2v) is 17.5. The van der Waals surface area contributed by atoms with Crippen molar-refractivity contribution in [3.63, 3.8) is 0 Å². The van der Waals surface area contributed by atoms with Gasteiger partial charge in [-0.3, -0.25) is 13.8 Å². The van der Waals surface area contributed by atoms with Gasteiger partial charge in [0.1, 0.15) is 13.2 Å². The highest BCUT2D eigenvalue weighted by molar-refractivity contribution is 7.47. The van der Waals surface area contributed by atoms with Crippen LogP contribution in [0.1, 0.15) is 174 Å². The zero-order valence-electron chi connectivity index (χ0n) is 36.1. The van der Waals surface area contributed by atoms with Gasteiger partial charge in [-0.25, -0.2) is 4.57 Å². The van der Waals surface area contributed by atoms with E-state index in [0.717, 1.165) is 44.9 Å². The molecule has 0 rings (SSSR count). The van der Waals surface area contributed by atoms with Gasteiger partial charge in [0.2, 0.25) is 5.91 Å². The van der Waals surface area contributed by atoms with Crippen molar-refractivity contribution in [3.8, 4) is 0 Å². The first-order valence-electron chi connectivity index (χ1n) is 22.2. The number of aliphatic hydroxyl groups excluding tert-OH is 1. The van der Waals surface area contributed by atoms with Crippen LogP contribution in [0, 0.1) is 0 Å². The molecule has 0 aliphatic rings. The molecule has 55 heavy (non-hydrogen) atoms. The number of rotatable bonds is 39. The second-order valence-electron chi connectivity index (χ2n) is 16.0. The first kappa shape index (κ1) is 53.2. The standard InChI is InChI=1S/C46H85N2O6P/c1-6-8-10-12-14-16-18-20-21-22-23-24-25-26-28-29-31-33-35-37-39-45(49)44(43-54-55(51,52)53-42-41-48(3,4)5)47-46(50)40-38-36-34-32-30-27-19-17-15-13-11-9-7-2/h9,11,15,17,27,30,34,36-37,39,44-45,49H,6-8,10,12-14,16,18-26,28-29,31-33,35,38,40-43H2,1-5H3,(H-,47,50,51,52)/p+1/b11-9-,17-15-,30-27-,36-34-,39-37+. The number of likely N-dealkylation sites (N-methyl/N-ethyl adjacent to an activating group) is 1. The molecule has 0 aromatic carbocycles. The predicted octanol–water partition coefficient (Wildman–Crippen LogP) is 12.2. The van der Waals surface area contributed by atoms with Crippen molar-refractivity contribution < 1.29 is 32.9 Å². The van der Waals surface area contributed by atoms with E-state index in [4.69, 9.17) is 9.05 Å². The van der Waals surface area contributed by atoms with E-state index in [1.165, 1.54) is 103 Å². The lowest BCUT2D eigenvalue weighted by atomic mass is 10.0. The van der Waals surface area contributed by atoms with E-state index >= 15 is 0 Å². The fraction of sp³-hybridized carbons (Fsp3) is 0.761. The van der Waals surface area contributed by atoms with Gasteiger partial charge >= 0.3 is 7.82 Å². The third-order valence-corrected chi connectivity index (χ3v) is 10.5. The Bertz CT molecular complexity index is 1080. The highest BCUT2D eigenvalue weighted by Crippen LogP contribution is 2.43. The molecule has 320 valence electrons. The Kier molecular flexibility index (Phi) is 36.5. The van der Waals surface area contributed by atoms with Gasteiger partial charge in [-0.1, -0.05) is 184 Å². The maximum absolute atomic E-state index is 12.8. The lowest BCUT2D eigenvalue weighted by Gasteiger charge is -2.25. The van der Waals surface area contributed by atoms with Crippen LogP contribution >= 0.6 is 7.82 Å². The van der Waals surface area contributed by atoms with Crippen LogP contribution in [0.4, 0.5) is 0 Å². The molecule has 0 aliphatic carbocycles. The first-order valence-corrected chi connectivity index (χ1v) is 23.7. The van der Waals surface area contributed by atoms with Gasteiger partial charge in [0, 0.05) is 6.42 Å². The van der Waals surface area contributed by atoms with Crippen LogP contribution in [0.25, 0.3) is 0 Å². The molecule has 0 saturated heterocycles. The number of hydrogen-bond donors (Lipinski definition) is 3. The maximum atomic E-state index is 12.8. The number of carbonyl (C=O) groups is 1. The summed E-state index contributed by atoms with van der Waals surface area (Å²) in [6, 6.07) is -0.885. The molecule has 0 bridgehead atoms. The van der Waals surface area contributed by atoms with Crippen molar-refractivity contribution in [1.29, 1.82) is 0 Å². The van der Waals surface area contributed by atoms with Crippen molar-refractivity contribution in [2.24, 2.45) is 0 Å². The van der Waals surface area contributed by atoms with E-state index in [2.05, 4.69) is 55.6 Å². The highest BCUT2D eigenvalue weighted by Gasteiger charge is 2.27. The molecule has 8 nitrogen and oxygen atoms in total. The summed E-state index contributed by atoms with van der Waals surface area (Å²) in [5.74, 6) is -0.259. The number of nitrogens with one attached hydrogen (secondary N) is 1. The van der Waals surface area contributed by atoms with Crippen molar-refractivity contribution >= 4 is 13.7 Å².